The van der Waals surface area contributed by atoms with Crippen molar-refractivity contribution < 1.29 is 4.79 Å². The fraction of sp³-hybridized carbons (Fsp3) is 0.462. The van der Waals surface area contributed by atoms with Gasteiger partial charge in [-0.2, -0.15) is 0 Å². The number of rotatable bonds is 4. The Morgan fingerprint density at radius 1 is 1.47 bits per heavy atom. The van der Waals surface area contributed by atoms with Gasteiger partial charge in [0.15, 0.2) is 0 Å². The lowest BCUT2D eigenvalue weighted by atomic mass is 10.0. The molecular weight excluding hydrogens is 302 g/mol. The van der Waals surface area contributed by atoms with Gasteiger partial charge >= 0.3 is 0 Å². The highest BCUT2D eigenvalue weighted by Crippen LogP contribution is 2.17. The van der Waals surface area contributed by atoms with Crippen LogP contribution < -0.4 is 0 Å². The van der Waals surface area contributed by atoms with Crippen LogP contribution in [0.5, 0.6) is 0 Å². The highest BCUT2D eigenvalue weighted by Gasteiger charge is 2.26. The van der Waals surface area contributed by atoms with E-state index in [1.54, 1.807) is 11.9 Å². The minimum absolute atomic E-state index is 0.0775. The maximum absolute atomic E-state index is 12.1. The highest BCUT2D eigenvalue weighted by molar-refractivity contribution is 9.10. The van der Waals surface area contributed by atoms with E-state index in [1.807, 2.05) is 38.1 Å². The molecule has 0 aliphatic heterocycles. The summed E-state index contributed by atoms with van der Waals surface area (Å²) < 4.78 is 0.988. The van der Waals surface area contributed by atoms with Crippen LogP contribution in [0.2, 0.25) is 0 Å². The standard InChI is InChI=1S/C13H17BrClNO/c1-13(2,9-15)16(3)12(17)8-10-5-4-6-11(14)7-10/h4-7H,8-9H2,1-3H3. The molecule has 0 heterocycles. The third-order valence-corrected chi connectivity index (χ3v) is 4.00. The lowest BCUT2D eigenvalue weighted by molar-refractivity contribution is -0.133. The van der Waals surface area contributed by atoms with E-state index in [-0.39, 0.29) is 11.4 Å². The Hall–Kier alpha value is -0.540. The molecule has 0 fully saturated rings. The number of nitrogens with zero attached hydrogens (tertiary/aromatic N) is 1. The average Bonchev–Trinajstić information content (AvgIpc) is 2.28. The van der Waals surface area contributed by atoms with Crippen LogP contribution in [0.15, 0.2) is 28.7 Å². The summed E-state index contributed by atoms with van der Waals surface area (Å²) >= 11 is 9.26. The number of hydrogen-bond donors (Lipinski definition) is 0. The van der Waals surface area contributed by atoms with Crippen molar-refractivity contribution in [1.29, 1.82) is 0 Å². The summed E-state index contributed by atoms with van der Waals surface area (Å²) in [4.78, 5) is 13.8. The summed E-state index contributed by atoms with van der Waals surface area (Å²) in [6.45, 7) is 3.91. The number of halogens is 2. The Kier molecular flexibility index (Phi) is 5.02. The molecule has 0 radical (unpaired) electrons. The van der Waals surface area contributed by atoms with Crippen molar-refractivity contribution in [3.05, 3.63) is 34.3 Å². The van der Waals surface area contributed by atoms with Gasteiger partial charge in [0, 0.05) is 17.4 Å². The van der Waals surface area contributed by atoms with Crippen molar-refractivity contribution in [3.8, 4) is 0 Å². The maximum atomic E-state index is 12.1. The fourth-order valence-corrected chi connectivity index (χ4v) is 1.99. The molecule has 0 saturated carbocycles. The SMILES string of the molecule is CN(C(=O)Cc1cccc(Br)c1)C(C)(C)CCl. The lowest BCUT2D eigenvalue weighted by Crippen LogP contribution is -2.47. The van der Waals surface area contributed by atoms with Gasteiger partial charge in [0.05, 0.1) is 12.0 Å². The van der Waals surface area contributed by atoms with Crippen molar-refractivity contribution >= 4 is 33.4 Å². The van der Waals surface area contributed by atoms with E-state index >= 15 is 0 Å². The predicted octanol–water partition coefficient (Wildman–Crippen LogP) is 3.47. The second-order valence-corrected chi connectivity index (χ2v) is 5.89. The fourth-order valence-electron chi connectivity index (χ4n) is 1.37. The van der Waals surface area contributed by atoms with Gasteiger partial charge in [-0.3, -0.25) is 4.79 Å². The molecule has 0 N–H and O–H groups in total. The summed E-state index contributed by atoms with van der Waals surface area (Å²) in [6.07, 6.45) is 0.399. The monoisotopic (exact) mass is 317 g/mol. The van der Waals surface area contributed by atoms with E-state index in [1.165, 1.54) is 0 Å². The van der Waals surface area contributed by atoms with E-state index < -0.39 is 0 Å². The molecule has 1 aromatic carbocycles. The van der Waals surface area contributed by atoms with Crippen LogP contribution in [-0.4, -0.2) is 29.3 Å². The minimum Gasteiger partial charge on any atom is -0.339 e. The van der Waals surface area contributed by atoms with Gasteiger partial charge in [0.2, 0.25) is 5.91 Å². The van der Waals surface area contributed by atoms with Gasteiger partial charge < -0.3 is 4.90 Å². The number of benzene rings is 1. The van der Waals surface area contributed by atoms with Crippen LogP contribution in [0.25, 0.3) is 0 Å². The first-order chi connectivity index (χ1) is 7.86. The number of carbonyl (C=O) groups is 1. The zero-order chi connectivity index (χ0) is 13.1. The zero-order valence-electron chi connectivity index (χ0n) is 10.3. The molecular formula is C13H17BrClNO. The Balaban J connectivity index is 2.73. The summed E-state index contributed by atoms with van der Waals surface area (Å²) in [5, 5.41) is 0. The van der Waals surface area contributed by atoms with Crippen molar-refractivity contribution in [1.82, 2.24) is 4.90 Å². The first-order valence-electron chi connectivity index (χ1n) is 5.44. The molecule has 4 heteroatoms. The molecule has 1 aromatic rings. The second-order valence-electron chi connectivity index (χ2n) is 4.71. The third kappa shape index (κ3) is 4.00. The van der Waals surface area contributed by atoms with Gasteiger partial charge in [0.25, 0.3) is 0 Å². The molecule has 0 aliphatic rings. The quantitative estimate of drug-likeness (QED) is 0.779. The van der Waals surface area contributed by atoms with Crippen molar-refractivity contribution in [3.63, 3.8) is 0 Å². The number of likely N-dealkylation sites (N-methyl/N-ethyl adjacent to an activating group) is 1. The molecule has 0 aliphatic carbocycles. The Morgan fingerprint density at radius 2 is 2.12 bits per heavy atom. The number of alkyl halides is 1. The molecule has 1 amide bonds. The van der Waals surface area contributed by atoms with Crippen LogP contribution >= 0.6 is 27.5 Å². The average molecular weight is 319 g/mol. The second kappa shape index (κ2) is 5.87. The molecule has 2 nitrogen and oxygen atoms in total. The maximum Gasteiger partial charge on any atom is 0.227 e. The topological polar surface area (TPSA) is 20.3 Å². The van der Waals surface area contributed by atoms with Gasteiger partial charge in [-0.15, -0.1) is 11.6 Å². The van der Waals surface area contributed by atoms with Crippen LogP contribution in [0, 0.1) is 0 Å². The molecule has 0 bridgehead atoms. The lowest BCUT2D eigenvalue weighted by Gasteiger charge is -2.34. The first kappa shape index (κ1) is 14.5. The largest absolute Gasteiger partial charge is 0.339 e. The van der Waals surface area contributed by atoms with E-state index in [9.17, 15) is 4.79 Å². The number of carbonyl (C=O) groups excluding carboxylic acids is 1. The zero-order valence-corrected chi connectivity index (χ0v) is 12.7. The van der Waals surface area contributed by atoms with Crippen LogP contribution in [0.1, 0.15) is 19.4 Å². The van der Waals surface area contributed by atoms with Gasteiger partial charge in [-0.25, -0.2) is 0 Å². The summed E-state index contributed by atoms with van der Waals surface area (Å²) in [5.74, 6) is 0.502. The van der Waals surface area contributed by atoms with E-state index in [0.717, 1.165) is 10.0 Å². The predicted molar refractivity (Wildman–Crippen MR) is 75.4 cm³/mol. The minimum atomic E-state index is -0.315. The molecule has 17 heavy (non-hydrogen) atoms. The van der Waals surface area contributed by atoms with Crippen LogP contribution in [0.3, 0.4) is 0 Å². The molecule has 0 saturated heterocycles. The van der Waals surface area contributed by atoms with E-state index in [4.69, 9.17) is 11.6 Å². The Labute approximate surface area is 116 Å². The first-order valence-corrected chi connectivity index (χ1v) is 6.76. The summed E-state index contributed by atoms with van der Waals surface area (Å²) in [6, 6.07) is 7.78. The van der Waals surface area contributed by atoms with Crippen LogP contribution in [-0.2, 0) is 11.2 Å². The van der Waals surface area contributed by atoms with E-state index in [0.29, 0.717) is 12.3 Å². The van der Waals surface area contributed by atoms with Crippen molar-refractivity contribution in [2.75, 3.05) is 12.9 Å². The summed E-state index contributed by atoms with van der Waals surface area (Å²) in [7, 11) is 1.79. The molecule has 0 atom stereocenters. The van der Waals surface area contributed by atoms with Crippen molar-refractivity contribution in [2.24, 2.45) is 0 Å². The molecule has 0 spiro atoms. The third-order valence-electron chi connectivity index (χ3n) is 2.85. The smallest absolute Gasteiger partial charge is 0.227 e. The summed E-state index contributed by atoms with van der Waals surface area (Å²) in [5.41, 5.74) is 0.687. The molecule has 0 aromatic heterocycles. The van der Waals surface area contributed by atoms with Crippen LogP contribution in [0.4, 0.5) is 0 Å². The number of amides is 1. The van der Waals surface area contributed by atoms with E-state index in [2.05, 4.69) is 15.9 Å². The molecule has 1 rings (SSSR count). The van der Waals surface area contributed by atoms with Gasteiger partial charge in [0.1, 0.15) is 0 Å². The van der Waals surface area contributed by atoms with Gasteiger partial charge in [-0.05, 0) is 31.5 Å². The Morgan fingerprint density at radius 3 is 2.65 bits per heavy atom. The Bertz CT molecular complexity index is 406. The van der Waals surface area contributed by atoms with Gasteiger partial charge in [-0.1, -0.05) is 28.1 Å². The van der Waals surface area contributed by atoms with Crippen molar-refractivity contribution in [2.45, 2.75) is 25.8 Å². The molecule has 0 unspecified atom stereocenters. The number of hydrogen-bond acceptors (Lipinski definition) is 1. The highest BCUT2D eigenvalue weighted by atomic mass is 79.9. The molecule has 94 valence electrons. The normalized spacial score (nSPS) is 11.4.